The van der Waals surface area contributed by atoms with Crippen LogP contribution in [0.25, 0.3) is 0 Å². The van der Waals surface area contributed by atoms with Crippen LogP contribution in [0.1, 0.15) is 10.4 Å². The molecule has 2 aromatic carbocycles. The molecule has 0 fully saturated rings. The van der Waals surface area contributed by atoms with E-state index in [9.17, 15) is 9.18 Å². The molecular formula is C15H11ClFNOS. The van der Waals surface area contributed by atoms with Gasteiger partial charge in [-0.3, -0.25) is 4.79 Å². The molecule has 0 atom stereocenters. The van der Waals surface area contributed by atoms with Crippen LogP contribution in [0.5, 0.6) is 0 Å². The van der Waals surface area contributed by atoms with Crippen LogP contribution in [0, 0.1) is 5.82 Å². The summed E-state index contributed by atoms with van der Waals surface area (Å²) in [6.07, 6.45) is 0. The van der Waals surface area contributed by atoms with Crippen LogP contribution >= 0.6 is 23.4 Å². The lowest BCUT2D eigenvalue weighted by Crippen LogP contribution is -2.35. The van der Waals surface area contributed by atoms with Gasteiger partial charge in [0, 0.05) is 22.2 Å². The van der Waals surface area contributed by atoms with Crippen LogP contribution in [0.4, 0.5) is 10.1 Å². The van der Waals surface area contributed by atoms with Gasteiger partial charge in [0.25, 0.3) is 5.91 Å². The molecule has 0 saturated carbocycles. The van der Waals surface area contributed by atoms with Crippen LogP contribution < -0.4 is 4.90 Å². The highest BCUT2D eigenvalue weighted by Crippen LogP contribution is 2.37. The first-order valence-corrected chi connectivity index (χ1v) is 7.52. The van der Waals surface area contributed by atoms with Crippen LogP contribution in [-0.4, -0.2) is 18.2 Å². The van der Waals surface area contributed by atoms with E-state index in [1.165, 1.54) is 12.1 Å². The van der Waals surface area contributed by atoms with Crippen molar-refractivity contribution in [3.8, 4) is 0 Å². The highest BCUT2D eigenvalue weighted by Gasteiger charge is 2.25. The topological polar surface area (TPSA) is 20.3 Å². The Morgan fingerprint density at radius 1 is 1.25 bits per heavy atom. The van der Waals surface area contributed by atoms with Crippen molar-refractivity contribution in [3.63, 3.8) is 0 Å². The minimum absolute atomic E-state index is 0.0883. The van der Waals surface area contributed by atoms with Gasteiger partial charge in [-0.25, -0.2) is 4.39 Å². The van der Waals surface area contributed by atoms with Gasteiger partial charge in [0.1, 0.15) is 5.82 Å². The Balaban J connectivity index is 2.03. The third-order valence-corrected chi connectivity index (χ3v) is 4.41. The minimum atomic E-state index is -0.501. The largest absolute Gasteiger partial charge is 0.306 e. The van der Waals surface area contributed by atoms with Crippen molar-refractivity contribution in [3.05, 3.63) is 58.9 Å². The summed E-state index contributed by atoms with van der Waals surface area (Å²) in [4.78, 5) is 15.1. The molecule has 5 heteroatoms. The van der Waals surface area contributed by atoms with Crippen molar-refractivity contribution in [1.29, 1.82) is 0 Å². The van der Waals surface area contributed by atoms with Crippen LogP contribution in [-0.2, 0) is 0 Å². The van der Waals surface area contributed by atoms with Gasteiger partial charge in [-0.15, -0.1) is 11.8 Å². The second-order valence-corrected chi connectivity index (χ2v) is 5.97. The summed E-state index contributed by atoms with van der Waals surface area (Å²) in [5.41, 5.74) is 0.840. The van der Waals surface area contributed by atoms with Gasteiger partial charge in [0.15, 0.2) is 0 Å². The SMILES string of the molecule is O=C(c1ccccc1F)N1CCSc2ccc(Cl)cc21. The predicted octanol–water partition coefficient (Wildman–Crippen LogP) is 4.23. The Hall–Kier alpha value is -1.52. The van der Waals surface area contributed by atoms with Gasteiger partial charge in [-0.05, 0) is 30.3 Å². The second-order valence-electron chi connectivity index (χ2n) is 4.40. The third kappa shape index (κ3) is 2.41. The maximum absolute atomic E-state index is 13.8. The number of hydrogen-bond donors (Lipinski definition) is 0. The Morgan fingerprint density at radius 3 is 2.85 bits per heavy atom. The van der Waals surface area contributed by atoms with Gasteiger partial charge < -0.3 is 4.90 Å². The Morgan fingerprint density at radius 2 is 2.05 bits per heavy atom. The monoisotopic (exact) mass is 307 g/mol. The average Bonchev–Trinajstić information content (AvgIpc) is 2.46. The van der Waals surface area contributed by atoms with E-state index in [2.05, 4.69) is 0 Å². The normalized spacial score (nSPS) is 14.0. The molecule has 1 aliphatic heterocycles. The highest BCUT2D eigenvalue weighted by atomic mass is 35.5. The van der Waals surface area contributed by atoms with E-state index in [1.807, 2.05) is 6.07 Å². The van der Waals surface area contributed by atoms with Crippen molar-refractivity contribution >= 4 is 35.0 Å². The molecule has 20 heavy (non-hydrogen) atoms. The molecule has 0 spiro atoms. The van der Waals surface area contributed by atoms with Crippen LogP contribution in [0.15, 0.2) is 47.4 Å². The lowest BCUT2D eigenvalue weighted by atomic mass is 10.1. The number of carbonyl (C=O) groups is 1. The van der Waals surface area contributed by atoms with Gasteiger partial charge >= 0.3 is 0 Å². The van der Waals surface area contributed by atoms with Gasteiger partial charge in [0.2, 0.25) is 0 Å². The standard InChI is InChI=1S/C15H11ClFNOS/c16-10-5-6-14-13(9-10)18(7-8-20-14)15(19)11-3-1-2-4-12(11)17/h1-6,9H,7-8H2. The van der Waals surface area contributed by atoms with Gasteiger partial charge in [-0.1, -0.05) is 23.7 Å². The zero-order valence-electron chi connectivity index (χ0n) is 10.5. The molecule has 2 aromatic rings. The van der Waals surface area contributed by atoms with E-state index in [0.717, 1.165) is 16.3 Å². The van der Waals surface area contributed by atoms with E-state index >= 15 is 0 Å². The lowest BCUT2D eigenvalue weighted by molar-refractivity contribution is 0.0984. The summed E-state index contributed by atoms with van der Waals surface area (Å²) in [6, 6.07) is 11.5. The Kier molecular flexibility index (Phi) is 3.68. The molecule has 3 rings (SSSR count). The zero-order valence-corrected chi connectivity index (χ0v) is 12.0. The fourth-order valence-electron chi connectivity index (χ4n) is 2.18. The highest BCUT2D eigenvalue weighted by molar-refractivity contribution is 7.99. The first-order chi connectivity index (χ1) is 9.66. The number of carbonyl (C=O) groups excluding carboxylic acids is 1. The minimum Gasteiger partial charge on any atom is -0.306 e. The summed E-state index contributed by atoms with van der Waals surface area (Å²) in [5.74, 6) is -0.0410. The summed E-state index contributed by atoms with van der Waals surface area (Å²) in [5, 5.41) is 0.567. The molecular weight excluding hydrogens is 297 g/mol. The average molecular weight is 308 g/mol. The van der Waals surface area contributed by atoms with Crippen molar-refractivity contribution in [1.82, 2.24) is 0 Å². The number of nitrogens with zero attached hydrogens (tertiary/aromatic N) is 1. The molecule has 0 bridgehead atoms. The summed E-state index contributed by atoms with van der Waals surface area (Å²) in [7, 11) is 0. The van der Waals surface area contributed by atoms with Crippen molar-refractivity contribution in [2.24, 2.45) is 0 Å². The molecule has 102 valence electrons. The van der Waals surface area contributed by atoms with E-state index in [-0.39, 0.29) is 11.5 Å². The summed E-state index contributed by atoms with van der Waals surface area (Å²) in [6.45, 7) is 0.547. The lowest BCUT2D eigenvalue weighted by Gasteiger charge is -2.29. The molecule has 0 N–H and O–H groups in total. The number of fused-ring (bicyclic) bond motifs is 1. The number of anilines is 1. The molecule has 0 unspecified atom stereocenters. The van der Waals surface area contributed by atoms with E-state index in [1.54, 1.807) is 40.9 Å². The summed E-state index contributed by atoms with van der Waals surface area (Å²) >= 11 is 7.67. The van der Waals surface area contributed by atoms with Crippen LogP contribution in [0.2, 0.25) is 5.02 Å². The molecule has 1 amide bonds. The molecule has 1 heterocycles. The fraction of sp³-hybridized carbons (Fsp3) is 0.133. The fourth-order valence-corrected chi connectivity index (χ4v) is 3.32. The maximum atomic E-state index is 13.8. The van der Waals surface area contributed by atoms with Gasteiger partial charge in [0.05, 0.1) is 11.3 Å². The van der Waals surface area contributed by atoms with E-state index in [4.69, 9.17) is 11.6 Å². The number of amides is 1. The van der Waals surface area contributed by atoms with Crippen molar-refractivity contribution < 1.29 is 9.18 Å². The Labute approximate surface area is 125 Å². The molecule has 0 aromatic heterocycles. The molecule has 0 radical (unpaired) electrons. The van der Waals surface area contributed by atoms with Gasteiger partial charge in [-0.2, -0.15) is 0 Å². The number of hydrogen-bond acceptors (Lipinski definition) is 2. The molecule has 0 saturated heterocycles. The molecule has 1 aliphatic rings. The first kappa shape index (κ1) is 13.5. The van der Waals surface area contributed by atoms with Crippen molar-refractivity contribution in [2.75, 3.05) is 17.2 Å². The number of rotatable bonds is 1. The summed E-state index contributed by atoms with van der Waals surface area (Å²) < 4.78 is 13.8. The second kappa shape index (κ2) is 5.46. The van der Waals surface area contributed by atoms with E-state index < -0.39 is 5.82 Å². The number of thioether (sulfide) groups is 1. The molecule has 0 aliphatic carbocycles. The van der Waals surface area contributed by atoms with Crippen LogP contribution in [0.3, 0.4) is 0 Å². The van der Waals surface area contributed by atoms with E-state index in [0.29, 0.717) is 11.6 Å². The maximum Gasteiger partial charge on any atom is 0.261 e. The van der Waals surface area contributed by atoms with Crippen molar-refractivity contribution in [2.45, 2.75) is 4.90 Å². The number of benzene rings is 2. The molecule has 2 nitrogen and oxygen atoms in total. The smallest absolute Gasteiger partial charge is 0.261 e. The quantitative estimate of drug-likeness (QED) is 0.785. The zero-order chi connectivity index (χ0) is 14.1. The first-order valence-electron chi connectivity index (χ1n) is 6.15. The Bertz CT molecular complexity index is 677. The third-order valence-electron chi connectivity index (χ3n) is 3.13. The predicted molar refractivity (Wildman–Crippen MR) is 80.3 cm³/mol. The number of halogens is 2.